The van der Waals surface area contributed by atoms with Crippen LogP contribution in [0.4, 0.5) is 5.69 Å². The Kier molecular flexibility index (Phi) is 4.34. The Bertz CT molecular complexity index is 397. The Labute approximate surface area is 116 Å². The van der Waals surface area contributed by atoms with E-state index in [0.717, 1.165) is 29.0 Å². The van der Waals surface area contributed by atoms with Crippen molar-refractivity contribution < 1.29 is 0 Å². The van der Waals surface area contributed by atoms with E-state index >= 15 is 0 Å². The van der Waals surface area contributed by atoms with Gasteiger partial charge in [-0.3, -0.25) is 0 Å². The van der Waals surface area contributed by atoms with E-state index in [0.29, 0.717) is 12.1 Å². The number of halogens is 2. The first-order chi connectivity index (χ1) is 8.11. The smallest absolute Gasteiger partial charge is 0.0568 e. The van der Waals surface area contributed by atoms with Crippen molar-refractivity contribution in [3.05, 3.63) is 27.7 Å². The molecule has 1 saturated heterocycles. The summed E-state index contributed by atoms with van der Waals surface area (Å²) in [7, 11) is 0. The van der Waals surface area contributed by atoms with Gasteiger partial charge in [-0.2, -0.15) is 0 Å². The molecule has 0 aromatic heterocycles. The molecule has 0 spiro atoms. The van der Waals surface area contributed by atoms with Gasteiger partial charge in [0.15, 0.2) is 0 Å². The van der Waals surface area contributed by atoms with E-state index in [9.17, 15) is 0 Å². The molecule has 1 aromatic rings. The van der Waals surface area contributed by atoms with Crippen LogP contribution in [0.25, 0.3) is 0 Å². The van der Waals surface area contributed by atoms with E-state index < -0.39 is 0 Å². The molecule has 4 heteroatoms. The van der Waals surface area contributed by atoms with Crippen molar-refractivity contribution in [1.29, 1.82) is 0 Å². The SMILES string of the molecule is CCC1CN(c2ccc(Br)c(Cl)c2)C(C)CN1. The minimum absolute atomic E-state index is 0.509. The second-order valence-electron chi connectivity index (χ2n) is 4.61. The third kappa shape index (κ3) is 2.95. The topological polar surface area (TPSA) is 15.3 Å². The molecule has 1 fully saturated rings. The Morgan fingerprint density at radius 1 is 1.53 bits per heavy atom. The number of nitrogens with one attached hydrogen (secondary N) is 1. The molecule has 1 aliphatic heterocycles. The summed E-state index contributed by atoms with van der Waals surface area (Å²) in [6.45, 7) is 6.55. The van der Waals surface area contributed by atoms with Gasteiger partial charge in [-0.25, -0.2) is 0 Å². The fourth-order valence-electron chi connectivity index (χ4n) is 2.23. The van der Waals surface area contributed by atoms with Gasteiger partial charge >= 0.3 is 0 Å². The van der Waals surface area contributed by atoms with E-state index in [1.807, 2.05) is 12.1 Å². The molecule has 0 saturated carbocycles. The molecule has 2 atom stereocenters. The first-order valence-corrected chi connectivity index (χ1v) is 7.24. The predicted molar refractivity (Wildman–Crippen MR) is 78.0 cm³/mol. The zero-order chi connectivity index (χ0) is 12.4. The summed E-state index contributed by atoms with van der Waals surface area (Å²) in [5.41, 5.74) is 1.21. The molecular formula is C13H18BrClN2. The highest BCUT2D eigenvalue weighted by Gasteiger charge is 2.24. The fourth-order valence-corrected chi connectivity index (χ4v) is 2.65. The standard InChI is InChI=1S/C13H18BrClN2/c1-3-10-8-17(9(2)7-16-10)11-4-5-12(14)13(15)6-11/h4-6,9-10,16H,3,7-8H2,1-2H3. The summed E-state index contributed by atoms with van der Waals surface area (Å²) < 4.78 is 0.956. The number of anilines is 1. The van der Waals surface area contributed by atoms with Crippen molar-refractivity contribution in [1.82, 2.24) is 5.32 Å². The first-order valence-electron chi connectivity index (χ1n) is 6.07. The highest BCUT2D eigenvalue weighted by atomic mass is 79.9. The van der Waals surface area contributed by atoms with Gasteiger partial charge in [0.1, 0.15) is 0 Å². The van der Waals surface area contributed by atoms with E-state index in [2.05, 4.69) is 46.1 Å². The van der Waals surface area contributed by atoms with E-state index in [4.69, 9.17) is 11.6 Å². The van der Waals surface area contributed by atoms with Crippen LogP contribution in [0.3, 0.4) is 0 Å². The number of hydrogen-bond donors (Lipinski definition) is 1. The zero-order valence-corrected chi connectivity index (χ0v) is 12.6. The third-order valence-electron chi connectivity index (χ3n) is 3.38. The Hall–Kier alpha value is -0.250. The van der Waals surface area contributed by atoms with E-state index in [-0.39, 0.29) is 0 Å². The maximum atomic E-state index is 6.16. The molecule has 0 aliphatic carbocycles. The third-order valence-corrected chi connectivity index (χ3v) is 4.61. The second kappa shape index (κ2) is 5.59. The Balaban J connectivity index is 2.21. The maximum Gasteiger partial charge on any atom is 0.0568 e. The molecule has 17 heavy (non-hydrogen) atoms. The minimum Gasteiger partial charge on any atom is -0.366 e. The van der Waals surface area contributed by atoms with Crippen LogP contribution in [-0.4, -0.2) is 25.2 Å². The largest absolute Gasteiger partial charge is 0.366 e. The summed E-state index contributed by atoms with van der Waals surface area (Å²) in [6.07, 6.45) is 1.16. The summed E-state index contributed by atoms with van der Waals surface area (Å²) in [6, 6.07) is 7.28. The van der Waals surface area contributed by atoms with E-state index in [1.54, 1.807) is 0 Å². The lowest BCUT2D eigenvalue weighted by molar-refractivity contribution is 0.397. The molecule has 1 heterocycles. The van der Waals surface area contributed by atoms with Crippen molar-refractivity contribution in [3.8, 4) is 0 Å². The lowest BCUT2D eigenvalue weighted by Crippen LogP contribution is -2.55. The average molecular weight is 318 g/mol. The molecule has 1 N–H and O–H groups in total. The molecule has 1 aliphatic rings. The molecule has 0 bridgehead atoms. The van der Waals surface area contributed by atoms with Crippen LogP contribution in [0.2, 0.25) is 5.02 Å². The van der Waals surface area contributed by atoms with Crippen LogP contribution in [0.15, 0.2) is 22.7 Å². The summed E-state index contributed by atoms with van der Waals surface area (Å²) in [5, 5.41) is 4.34. The molecular weight excluding hydrogens is 300 g/mol. The van der Waals surface area contributed by atoms with Gasteiger partial charge in [0.2, 0.25) is 0 Å². The van der Waals surface area contributed by atoms with Gasteiger partial charge in [-0.1, -0.05) is 18.5 Å². The monoisotopic (exact) mass is 316 g/mol. The van der Waals surface area contributed by atoms with Crippen LogP contribution in [0.5, 0.6) is 0 Å². The summed E-state index contributed by atoms with van der Waals surface area (Å²) >= 11 is 9.59. The molecule has 2 unspecified atom stereocenters. The van der Waals surface area contributed by atoms with Crippen molar-refractivity contribution in [2.75, 3.05) is 18.0 Å². The molecule has 1 aromatic carbocycles. The predicted octanol–water partition coefficient (Wildman–Crippen LogP) is 3.68. The lowest BCUT2D eigenvalue weighted by Gasteiger charge is -2.40. The molecule has 2 rings (SSSR count). The Morgan fingerprint density at radius 2 is 2.29 bits per heavy atom. The van der Waals surface area contributed by atoms with Crippen molar-refractivity contribution >= 4 is 33.2 Å². The van der Waals surface area contributed by atoms with Gasteiger partial charge in [-0.05, 0) is 47.5 Å². The molecule has 0 amide bonds. The normalized spacial score (nSPS) is 25.1. The van der Waals surface area contributed by atoms with Crippen LogP contribution >= 0.6 is 27.5 Å². The van der Waals surface area contributed by atoms with Crippen LogP contribution < -0.4 is 10.2 Å². The summed E-state index contributed by atoms with van der Waals surface area (Å²) in [5.74, 6) is 0. The highest BCUT2D eigenvalue weighted by Crippen LogP contribution is 2.29. The van der Waals surface area contributed by atoms with Crippen LogP contribution in [0.1, 0.15) is 20.3 Å². The maximum absolute atomic E-state index is 6.16. The number of benzene rings is 1. The van der Waals surface area contributed by atoms with Gasteiger partial charge < -0.3 is 10.2 Å². The number of rotatable bonds is 2. The molecule has 2 nitrogen and oxygen atoms in total. The number of nitrogens with zero attached hydrogens (tertiary/aromatic N) is 1. The molecule has 94 valence electrons. The lowest BCUT2D eigenvalue weighted by atomic mass is 10.1. The van der Waals surface area contributed by atoms with Crippen LogP contribution in [-0.2, 0) is 0 Å². The molecule has 0 radical (unpaired) electrons. The second-order valence-corrected chi connectivity index (χ2v) is 5.87. The van der Waals surface area contributed by atoms with Crippen molar-refractivity contribution in [2.45, 2.75) is 32.4 Å². The van der Waals surface area contributed by atoms with Crippen molar-refractivity contribution in [3.63, 3.8) is 0 Å². The first kappa shape index (κ1) is 13.2. The van der Waals surface area contributed by atoms with E-state index in [1.165, 1.54) is 5.69 Å². The zero-order valence-electron chi connectivity index (χ0n) is 10.2. The fraction of sp³-hybridized carbons (Fsp3) is 0.538. The van der Waals surface area contributed by atoms with Crippen molar-refractivity contribution in [2.24, 2.45) is 0 Å². The van der Waals surface area contributed by atoms with Crippen LogP contribution in [0, 0.1) is 0 Å². The summed E-state index contributed by atoms with van der Waals surface area (Å²) in [4.78, 5) is 2.43. The van der Waals surface area contributed by atoms with Gasteiger partial charge in [0.05, 0.1) is 5.02 Å². The van der Waals surface area contributed by atoms with Gasteiger partial charge in [0, 0.05) is 35.3 Å². The highest BCUT2D eigenvalue weighted by molar-refractivity contribution is 9.10. The van der Waals surface area contributed by atoms with Gasteiger partial charge in [0.25, 0.3) is 0 Å². The Morgan fingerprint density at radius 3 is 2.94 bits per heavy atom. The quantitative estimate of drug-likeness (QED) is 0.895. The minimum atomic E-state index is 0.509. The number of hydrogen-bond acceptors (Lipinski definition) is 2. The average Bonchev–Trinajstić information content (AvgIpc) is 2.33. The van der Waals surface area contributed by atoms with Gasteiger partial charge in [-0.15, -0.1) is 0 Å². The number of piperazine rings is 1.